The number of aromatic nitrogens is 4. The number of imidazole rings is 1. The summed E-state index contributed by atoms with van der Waals surface area (Å²) in [5.74, 6) is -0.331. The van der Waals surface area contributed by atoms with Gasteiger partial charge in [-0.05, 0) is 54.8 Å². The molecule has 0 saturated heterocycles. The summed E-state index contributed by atoms with van der Waals surface area (Å²) in [4.78, 5) is 18.6. The van der Waals surface area contributed by atoms with Crippen molar-refractivity contribution in [3.63, 3.8) is 0 Å². The standard InChI is InChI=1S/C27H24N4O6S/c1-38(35,36)20-13-9-18(10-14-20)25-21(15-8-17-6-11-19(12-7-17)37-16-24(32)33)26(34)31(30-25)27-28-22-4-2-3-5-23(22)29-27/h2-7,9-14,34H,8,15-16H2,1H3,(H,28,29)(H,32,33). The molecule has 0 bridgehead atoms. The quantitative estimate of drug-likeness (QED) is 0.260. The number of para-hydroxylation sites is 2. The summed E-state index contributed by atoms with van der Waals surface area (Å²) in [7, 11) is -3.36. The summed E-state index contributed by atoms with van der Waals surface area (Å²) in [5, 5.41) is 24.7. The number of carbonyl (C=O) groups is 1. The number of ether oxygens (including phenoxy) is 1. The Labute approximate surface area is 218 Å². The molecule has 0 aliphatic heterocycles. The summed E-state index contributed by atoms with van der Waals surface area (Å²) in [5.41, 5.74) is 4.19. The summed E-state index contributed by atoms with van der Waals surface area (Å²) in [6.45, 7) is -0.421. The van der Waals surface area contributed by atoms with E-state index in [9.17, 15) is 18.3 Å². The van der Waals surface area contributed by atoms with Crippen LogP contribution in [0.4, 0.5) is 0 Å². The second-order valence-electron chi connectivity index (χ2n) is 8.76. The summed E-state index contributed by atoms with van der Waals surface area (Å²) in [6.07, 6.45) is 2.12. The molecule has 0 radical (unpaired) electrons. The topological polar surface area (TPSA) is 147 Å². The van der Waals surface area contributed by atoms with Gasteiger partial charge in [-0.2, -0.15) is 9.78 Å². The Balaban J connectivity index is 1.49. The van der Waals surface area contributed by atoms with Gasteiger partial charge in [-0.25, -0.2) is 18.2 Å². The first-order valence-electron chi connectivity index (χ1n) is 11.7. The van der Waals surface area contributed by atoms with Crippen molar-refractivity contribution >= 4 is 26.8 Å². The zero-order valence-corrected chi connectivity index (χ0v) is 21.1. The highest BCUT2D eigenvalue weighted by atomic mass is 32.2. The Morgan fingerprint density at radius 2 is 1.71 bits per heavy atom. The van der Waals surface area contributed by atoms with Crippen molar-refractivity contribution in [3.05, 3.63) is 83.9 Å². The number of nitrogens with one attached hydrogen (secondary N) is 1. The maximum absolute atomic E-state index is 11.9. The second kappa shape index (κ2) is 10.0. The first kappa shape index (κ1) is 25.0. The fraction of sp³-hybridized carbons (Fsp3) is 0.148. The number of aromatic hydroxyl groups is 1. The van der Waals surface area contributed by atoms with Crippen LogP contribution < -0.4 is 4.74 Å². The number of fused-ring (bicyclic) bond motifs is 1. The molecule has 3 aromatic carbocycles. The molecule has 0 spiro atoms. The Morgan fingerprint density at radius 1 is 1.00 bits per heavy atom. The Kier molecular flexibility index (Phi) is 6.60. The van der Waals surface area contributed by atoms with Gasteiger partial charge in [-0.1, -0.05) is 36.4 Å². The molecule has 11 heteroatoms. The molecule has 3 N–H and O–H groups in total. The number of aromatic amines is 1. The molecule has 0 amide bonds. The van der Waals surface area contributed by atoms with Gasteiger partial charge in [0.25, 0.3) is 0 Å². The van der Waals surface area contributed by atoms with E-state index in [0.29, 0.717) is 41.4 Å². The smallest absolute Gasteiger partial charge is 0.341 e. The van der Waals surface area contributed by atoms with E-state index in [2.05, 4.69) is 15.1 Å². The van der Waals surface area contributed by atoms with Crippen molar-refractivity contribution < 1.29 is 28.2 Å². The lowest BCUT2D eigenvalue weighted by molar-refractivity contribution is -0.139. The minimum Gasteiger partial charge on any atom is -0.493 e. The van der Waals surface area contributed by atoms with Crippen LogP contribution in [0.2, 0.25) is 0 Å². The molecule has 194 valence electrons. The number of benzene rings is 3. The molecule has 2 aromatic heterocycles. The largest absolute Gasteiger partial charge is 0.493 e. The minimum atomic E-state index is -3.36. The molecule has 0 unspecified atom stereocenters. The van der Waals surface area contributed by atoms with E-state index >= 15 is 0 Å². The number of hydrogen-bond acceptors (Lipinski definition) is 7. The minimum absolute atomic E-state index is 0.0762. The van der Waals surface area contributed by atoms with Gasteiger partial charge in [0.2, 0.25) is 11.8 Å². The fourth-order valence-corrected chi connectivity index (χ4v) is 4.75. The number of sulfone groups is 1. The molecule has 5 rings (SSSR count). The van der Waals surface area contributed by atoms with E-state index in [4.69, 9.17) is 9.84 Å². The van der Waals surface area contributed by atoms with E-state index in [0.717, 1.165) is 22.9 Å². The highest BCUT2D eigenvalue weighted by Gasteiger charge is 2.22. The number of aryl methyl sites for hydroxylation is 1. The van der Waals surface area contributed by atoms with Crippen molar-refractivity contribution in [3.8, 4) is 28.8 Å². The number of rotatable bonds is 9. The van der Waals surface area contributed by atoms with Gasteiger partial charge < -0.3 is 19.9 Å². The van der Waals surface area contributed by atoms with Crippen LogP contribution >= 0.6 is 0 Å². The molecular weight excluding hydrogens is 508 g/mol. The zero-order valence-electron chi connectivity index (χ0n) is 20.3. The van der Waals surface area contributed by atoms with Crippen LogP contribution in [0.25, 0.3) is 28.2 Å². The van der Waals surface area contributed by atoms with Gasteiger partial charge in [0, 0.05) is 17.4 Å². The number of aliphatic carboxylic acids is 1. The van der Waals surface area contributed by atoms with Gasteiger partial charge >= 0.3 is 5.97 Å². The van der Waals surface area contributed by atoms with E-state index < -0.39 is 22.4 Å². The zero-order chi connectivity index (χ0) is 26.9. The maximum atomic E-state index is 11.9. The predicted molar refractivity (Wildman–Crippen MR) is 140 cm³/mol. The molecule has 38 heavy (non-hydrogen) atoms. The van der Waals surface area contributed by atoms with Crippen molar-refractivity contribution in [1.82, 2.24) is 19.7 Å². The number of carboxylic acids is 1. The van der Waals surface area contributed by atoms with Crippen LogP contribution in [-0.2, 0) is 27.5 Å². The van der Waals surface area contributed by atoms with E-state index in [-0.39, 0.29) is 10.8 Å². The van der Waals surface area contributed by atoms with Crippen LogP contribution in [0.5, 0.6) is 11.6 Å². The second-order valence-corrected chi connectivity index (χ2v) is 10.8. The van der Waals surface area contributed by atoms with Crippen LogP contribution in [0, 0.1) is 0 Å². The first-order valence-corrected chi connectivity index (χ1v) is 13.6. The summed E-state index contributed by atoms with van der Waals surface area (Å²) in [6, 6.07) is 20.9. The Bertz CT molecular complexity index is 1690. The average Bonchev–Trinajstić information content (AvgIpc) is 3.47. The molecule has 0 aliphatic rings. The van der Waals surface area contributed by atoms with E-state index in [1.807, 2.05) is 36.4 Å². The van der Waals surface area contributed by atoms with Crippen molar-refractivity contribution in [2.45, 2.75) is 17.7 Å². The van der Waals surface area contributed by atoms with Gasteiger partial charge in [0.1, 0.15) is 11.4 Å². The highest BCUT2D eigenvalue weighted by molar-refractivity contribution is 7.90. The first-order chi connectivity index (χ1) is 18.2. The number of carboxylic acid groups (broad SMARTS) is 1. The third-order valence-corrected chi connectivity index (χ3v) is 7.17. The Hall–Kier alpha value is -4.64. The van der Waals surface area contributed by atoms with Crippen LogP contribution in [-0.4, -0.2) is 57.2 Å². The van der Waals surface area contributed by atoms with Crippen molar-refractivity contribution in [2.75, 3.05) is 12.9 Å². The van der Waals surface area contributed by atoms with Crippen molar-refractivity contribution in [2.24, 2.45) is 0 Å². The predicted octanol–water partition coefficient (Wildman–Crippen LogP) is 3.77. The average molecular weight is 533 g/mol. The molecule has 2 heterocycles. The molecule has 10 nitrogen and oxygen atoms in total. The number of H-pyrrole nitrogens is 1. The lowest BCUT2D eigenvalue weighted by Crippen LogP contribution is -2.09. The van der Waals surface area contributed by atoms with Gasteiger partial charge in [0.15, 0.2) is 16.4 Å². The molecule has 0 atom stereocenters. The normalized spacial score (nSPS) is 11.6. The lowest BCUT2D eigenvalue weighted by atomic mass is 10.0. The lowest BCUT2D eigenvalue weighted by Gasteiger charge is -2.07. The van der Waals surface area contributed by atoms with Crippen LogP contribution in [0.15, 0.2) is 77.7 Å². The van der Waals surface area contributed by atoms with Crippen LogP contribution in [0.1, 0.15) is 11.1 Å². The Morgan fingerprint density at radius 3 is 2.37 bits per heavy atom. The van der Waals surface area contributed by atoms with Crippen molar-refractivity contribution in [1.29, 1.82) is 0 Å². The highest BCUT2D eigenvalue weighted by Crippen LogP contribution is 2.33. The molecule has 0 aliphatic carbocycles. The summed E-state index contributed by atoms with van der Waals surface area (Å²) < 4.78 is 30.4. The SMILES string of the molecule is CS(=O)(=O)c1ccc(-c2nn(-c3nc4ccccc4[nH]3)c(O)c2CCc2ccc(OCC(=O)O)cc2)cc1. The molecule has 0 fully saturated rings. The third kappa shape index (κ3) is 5.23. The number of hydrogen-bond donors (Lipinski definition) is 3. The van der Waals surface area contributed by atoms with Gasteiger partial charge in [-0.3, -0.25) is 0 Å². The maximum Gasteiger partial charge on any atom is 0.341 e. The monoisotopic (exact) mass is 532 g/mol. The van der Waals surface area contributed by atoms with E-state index in [1.54, 1.807) is 24.3 Å². The fourth-order valence-electron chi connectivity index (χ4n) is 4.12. The third-order valence-electron chi connectivity index (χ3n) is 6.04. The summed E-state index contributed by atoms with van der Waals surface area (Å²) >= 11 is 0. The van der Waals surface area contributed by atoms with Crippen LogP contribution in [0.3, 0.4) is 0 Å². The van der Waals surface area contributed by atoms with Gasteiger partial charge in [-0.15, -0.1) is 0 Å². The number of nitrogens with zero attached hydrogens (tertiary/aromatic N) is 3. The van der Waals surface area contributed by atoms with E-state index in [1.165, 1.54) is 16.8 Å². The molecule has 0 saturated carbocycles. The molecule has 5 aromatic rings. The molecular formula is C27H24N4O6S. The van der Waals surface area contributed by atoms with Gasteiger partial charge in [0.05, 0.1) is 15.9 Å².